The van der Waals surface area contributed by atoms with Crippen LogP contribution in [0.3, 0.4) is 0 Å². The Kier molecular flexibility index (Phi) is 4.16. The van der Waals surface area contributed by atoms with E-state index < -0.39 is 0 Å². The largest absolute Gasteiger partial charge is 0.398 e. The van der Waals surface area contributed by atoms with Gasteiger partial charge >= 0.3 is 0 Å². The average Bonchev–Trinajstić information content (AvgIpc) is 2.17. The molecule has 0 aliphatic rings. The summed E-state index contributed by atoms with van der Waals surface area (Å²) in [4.78, 5) is 1.13. The molecule has 0 bridgehead atoms. The number of rotatable bonds is 4. The van der Waals surface area contributed by atoms with Gasteiger partial charge < -0.3 is 5.73 Å². The van der Waals surface area contributed by atoms with E-state index in [9.17, 15) is 0 Å². The minimum absolute atomic E-state index is 0.0902. The Balaban J connectivity index is 2.58. The van der Waals surface area contributed by atoms with Crippen molar-refractivity contribution in [3.8, 4) is 0 Å². The Bertz CT molecular complexity index is 300. The van der Waals surface area contributed by atoms with Crippen LogP contribution in [0.25, 0.3) is 0 Å². The fraction of sp³-hybridized carbons (Fsp3) is 0.400. The van der Waals surface area contributed by atoms with Crippen LogP contribution in [0.5, 0.6) is 0 Å². The third-order valence-corrected chi connectivity index (χ3v) is 4.33. The van der Waals surface area contributed by atoms with Crippen molar-refractivity contribution in [1.29, 1.82) is 0 Å². The molecule has 1 rings (SSSR count). The molecule has 0 aliphatic carbocycles. The minimum atomic E-state index is 0.0902. The number of hydrogen-bond donors (Lipinski definition) is 2. The maximum absolute atomic E-state index is 5.83. The van der Waals surface area contributed by atoms with Crippen LogP contribution in [-0.4, -0.2) is 10.5 Å². The lowest BCUT2D eigenvalue weighted by molar-refractivity contribution is 0.817. The van der Waals surface area contributed by atoms with Crippen LogP contribution in [0.4, 0.5) is 5.69 Å². The van der Waals surface area contributed by atoms with E-state index in [1.165, 1.54) is 11.9 Å². The molecule has 4 heteroatoms. The first-order valence-electron chi connectivity index (χ1n) is 4.40. The zero-order valence-corrected chi connectivity index (χ0v) is 10.1. The van der Waals surface area contributed by atoms with Crippen molar-refractivity contribution >= 4 is 29.4 Å². The summed E-state index contributed by atoms with van der Waals surface area (Å²) < 4.78 is 0.0902. The monoisotopic (exact) mass is 228 g/mol. The Morgan fingerprint density at radius 2 is 1.93 bits per heavy atom. The van der Waals surface area contributed by atoms with Gasteiger partial charge in [0.1, 0.15) is 0 Å². The number of para-hydroxylation sites is 1. The standard InChI is InChI=1S/C10H16N2S2/c1-10(2,14-12)7-13-9-6-4-3-5-8(9)11/h3-6H,7,11-12H2,1-2H3. The van der Waals surface area contributed by atoms with Crippen LogP contribution in [0.15, 0.2) is 29.2 Å². The first-order valence-corrected chi connectivity index (χ1v) is 6.27. The molecule has 0 spiro atoms. The Labute approximate surface area is 94.0 Å². The second kappa shape index (κ2) is 4.96. The number of benzene rings is 1. The third-order valence-electron chi connectivity index (χ3n) is 1.81. The smallest absolute Gasteiger partial charge is 0.0452 e. The summed E-state index contributed by atoms with van der Waals surface area (Å²) >= 11 is 3.14. The summed E-state index contributed by atoms with van der Waals surface area (Å²) in [6.45, 7) is 4.26. The zero-order valence-electron chi connectivity index (χ0n) is 8.49. The third kappa shape index (κ3) is 3.44. The van der Waals surface area contributed by atoms with Gasteiger partial charge in [-0.1, -0.05) is 24.1 Å². The summed E-state index contributed by atoms with van der Waals surface area (Å²) in [5.41, 5.74) is 6.68. The van der Waals surface area contributed by atoms with E-state index in [0.29, 0.717) is 0 Å². The van der Waals surface area contributed by atoms with Crippen LogP contribution in [0.2, 0.25) is 0 Å². The second-order valence-corrected chi connectivity index (χ2v) is 6.06. The minimum Gasteiger partial charge on any atom is -0.398 e. The van der Waals surface area contributed by atoms with E-state index in [1.807, 2.05) is 24.3 Å². The Morgan fingerprint density at radius 1 is 1.29 bits per heavy atom. The molecule has 0 amide bonds. The van der Waals surface area contributed by atoms with Crippen LogP contribution < -0.4 is 10.9 Å². The summed E-state index contributed by atoms with van der Waals surface area (Å²) in [5.74, 6) is 0.961. The number of nitrogen functional groups attached to an aromatic ring is 1. The summed E-state index contributed by atoms with van der Waals surface area (Å²) in [6.07, 6.45) is 0. The fourth-order valence-electron chi connectivity index (χ4n) is 0.898. The van der Waals surface area contributed by atoms with E-state index in [2.05, 4.69) is 13.8 Å². The molecule has 4 N–H and O–H groups in total. The lowest BCUT2D eigenvalue weighted by Crippen LogP contribution is -2.20. The highest BCUT2D eigenvalue weighted by Gasteiger charge is 2.17. The molecule has 78 valence electrons. The van der Waals surface area contributed by atoms with Gasteiger partial charge in [0.15, 0.2) is 0 Å². The SMILES string of the molecule is CC(C)(CSc1ccccc1N)SN. The van der Waals surface area contributed by atoms with Crippen LogP contribution in [0.1, 0.15) is 13.8 Å². The maximum Gasteiger partial charge on any atom is 0.0452 e. The Hall–Kier alpha value is -0.320. The van der Waals surface area contributed by atoms with Crippen molar-refractivity contribution in [2.75, 3.05) is 11.5 Å². The Morgan fingerprint density at radius 3 is 2.50 bits per heavy atom. The maximum atomic E-state index is 5.83. The first kappa shape index (κ1) is 11.8. The van der Waals surface area contributed by atoms with Crippen molar-refractivity contribution in [2.24, 2.45) is 5.14 Å². The van der Waals surface area contributed by atoms with E-state index in [1.54, 1.807) is 11.8 Å². The van der Waals surface area contributed by atoms with Crippen molar-refractivity contribution < 1.29 is 0 Å². The zero-order chi connectivity index (χ0) is 10.6. The van der Waals surface area contributed by atoms with Crippen molar-refractivity contribution in [3.63, 3.8) is 0 Å². The van der Waals surface area contributed by atoms with Crippen LogP contribution >= 0.6 is 23.7 Å². The van der Waals surface area contributed by atoms with Crippen molar-refractivity contribution in [1.82, 2.24) is 0 Å². The highest BCUT2D eigenvalue weighted by Crippen LogP contribution is 2.31. The van der Waals surface area contributed by atoms with Gasteiger partial charge in [-0.3, -0.25) is 5.14 Å². The number of hydrogen-bond acceptors (Lipinski definition) is 4. The highest BCUT2D eigenvalue weighted by molar-refractivity contribution is 8.02. The van der Waals surface area contributed by atoms with Gasteiger partial charge in [-0.25, -0.2) is 0 Å². The molecule has 1 aromatic rings. The molecule has 0 saturated carbocycles. The molecule has 0 heterocycles. The van der Waals surface area contributed by atoms with E-state index in [0.717, 1.165) is 16.3 Å². The molecule has 0 fully saturated rings. The number of nitrogens with two attached hydrogens (primary N) is 2. The molecule has 1 aromatic carbocycles. The van der Waals surface area contributed by atoms with Gasteiger partial charge in [0.05, 0.1) is 0 Å². The summed E-state index contributed by atoms with van der Waals surface area (Å²) in [6, 6.07) is 7.91. The normalized spacial score (nSPS) is 11.6. The topological polar surface area (TPSA) is 52.0 Å². The second-order valence-electron chi connectivity index (χ2n) is 3.70. The van der Waals surface area contributed by atoms with Gasteiger partial charge in [0, 0.05) is 21.1 Å². The summed E-state index contributed by atoms with van der Waals surface area (Å²) in [7, 11) is 0. The molecule has 0 unspecified atom stereocenters. The molecular weight excluding hydrogens is 212 g/mol. The quantitative estimate of drug-likeness (QED) is 0.473. The van der Waals surface area contributed by atoms with Crippen LogP contribution in [0, 0.1) is 0 Å². The number of anilines is 1. The highest BCUT2D eigenvalue weighted by atomic mass is 32.2. The van der Waals surface area contributed by atoms with Crippen LogP contribution in [-0.2, 0) is 0 Å². The van der Waals surface area contributed by atoms with Gasteiger partial charge in [0.25, 0.3) is 0 Å². The molecular formula is C10H16N2S2. The fourth-order valence-corrected chi connectivity index (χ4v) is 2.26. The van der Waals surface area contributed by atoms with Gasteiger partial charge in [-0.05, 0) is 26.0 Å². The lowest BCUT2D eigenvalue weighted by Gasteiger charge is -2.20. The predicted molar refractivity (Wildman–Crippen MR) is 67.4 cm³/mol. The van der Waals surface area contributed by atoms with E-state index >= 15 is 0 Å². The molecule has 0 atom stereocenters. The average molecular weight is 228 g/mol. The van der Waals surface area contributed by atoms with Gasteiger partial charge in [-0.2, -0.15) is 0 Å². The van der Waals surface area contributed by atoms with Crippen molar-refractivity contribution in [3.05, 3.63) is 24.3 Å². The lowest BCUT2D eigenvalue weighted by atomic mass is 10.2. The number of thioether (sulfide) groups is 1. The molecule has 14 heavy (non-hydrogen) atoms. The van der Waals surface area contributed by atoms with Gasteiger partial charge in [0.2, 0.25) is 0 Å². The molecule has 0 aliphatic heterocycles. The predicted octanol–water partition coefficient (Wildman–Crippen LogP) is 2.75. The molecule has 0 saturated heterocycles. The summed E-state index contributed by atoms with van der Waals surface area (Å²) in [5, 5.41) is 5.58. The molecule has 0 aromatic heterocycles. The van der Waals surface area contributed by atoms with Gasteiger partial charge in [-0.15, -0.1) is 11.8 Å². The van der Waals surface area contributed by atoms with E-state index in [4.69, 9.17) is 10.9 Å². The van der Waals surface area contributed by atoms with Crippen molar-refractivity contribution in [2.45, 2.75) is 23.5 Å². The first-order chi connectivity index (χ1) is 6.55. The molecule has 0 radical (unpaired) electrons. The molecule has 2 nitrogen and oxygen atoms in total. The van der Waals surface area contributed by atoms with E-state index in [-0.39, 0.29) is 4.75 Å².